The number of amides is 3. The van der Waals surface area contributed by atoms with Crippen molar-refractivity contribution in [3.8, 4) is 5.75 Å². The van der Waals surface area contributed by atoms with Crippen molar-refractivity contribution >= 4 is 23.8 Å². The maximum absolute atomic E-state index is 13.9. The Labute approximate surface area is 232 Å². The normalized spacial score (nSPS) is 22.3. The average molecular weight is 535 g/mol. The van der Waals surface area contributed by atoms with Crippen LogP contribution >= 0.6 is 0 Å². The van der Waals surface area contributed by atoms with Gasteiger partial charge in [-0.15, -0.1) is 0 Å². The molecule has 0 saturated carbocycles. The van der Waals surface area contributed by atoms with Crippen molar-refractivity contribution in [3.05, 3.63) is 71.9 Å². The highest BCUT2D eigenvalue weighted by atomic mass is 16.5. The molecule has 2 aromatic carbocycles. The Morgan fingerprint density at radius 3 is 2.26 bits per heavy atom. The molecule has 8 nitrogen and oxygen atoms in total. The first-order valence-electron chi connectivity index (χ1n) is 13.7. The van der Waals surface area contributed by atoms with Gasteiger partial charge in [0, 0.05) is 6.20 Å². The fraction of sp³-hybridized carbons (Fsp3) is 0.452. The van der Waals surface area contributed by atoms with Gasteiger partial charge in [0.05, 0.1) is 6.04 Å². The van der Waals surface area contributed by atoms with E-state index in [1.807, 2.05) is 101 Å². The zero-order valence-corrected chi connectivity index (χ0v) is 23.8. The first kappa shape index (κ1) is 29.9. The minimum atomic E-state index is -1.03. The molecule has 0 spiro atoms. The summed E-state index contributed by atoms with van der Waals surface area (Å²) in [4.78, 5) is 42.6. The second-order valence-corrected chi connectivity index (χ2v) is 10.8. The summed E-state index contributed by atoms with van der Waals surface area (Å²) in [6.45, 7) is 7.78. The zero-order valence-electron chi connectivity index (χ0n) is 23.8. The summed E-state index contributed by atoms with van der Waals surface area (Å²) in [5.41, 5.74) is 1.91. The smallest absolute Gasteiger partial charge is 0.247 e. The second kappa shape index (κ2) is 13.9. The lowest BCUT2D eigenvalue weighted by molar-refractivity contribution is -0.136. The molecular formula is C31H42N4O4. The molecule has 2 aromatic rings. The summed E-state index contributed by atoms with van der Waals surface area (Å²) >= 11 is 0. The lowest BCUT2D eigenvalue weighted by Gasteiger charge is -2.34. The fourth-order valence-electron chi connectivity index (χ4n) is 4.55. The molecule has 0 aliphatic carbocycles. The van der Waals surface area contributed by atoms with E-state index in [1.54, 1.807) is 12.3 Å². The Morgan fingerprint density at radius 1 is 1.00 bits per heavy atom. The van der Waals surface area contributed by atoms with Crippen LogP contribution in [0.5, 0.6) is 5.75 Å². The highest BCUT2D eigenvalue weighted by Crippen LogP contribution is 2.21. The van der Waals surface area contributed by atoms with Gasteiger partial charge in [-0.2, -0.15) is 0 Å². The largest absolute Gasteiger partial charge is 0.487 e. The number of fused-ring (bicyclic) bond motifs is 10. The number of carbonyl (C=O) groups is 3. The number of nitrogens with zero attached hydrogens (tertiary/aromatic N) is 1. The van der Waals surface area contributed by atoms with Gasteiger partial charge in [0.15, 0.2) is 0 Å². The minimum absolute atomic E-state index is 0.128. The SMILES string of the molecule is CC[C@@H](C)[C@@H]1NC(=O)[C@@H](NC(=O)[C@H](Cc2ccccc2)N(C)C)[C@@H](C(C)C)Oc2ccc(cc2)/C=C/NC1=O. The van der Waals surface area contributed by atoms with Crippen molar-refractivity contribution in [1.29, 1.82) is 0 Å². The molecule has 39 heavy (non-hydrogen) atoms. The summed E-state index contributed by atoms with van der Waals surface area (Å²) in [6, 6.07) is 14.8. The van der Waals surface area contributed by atoms with Gasteiger partial charge in [0.25, 0.3) is 0 Å². The predicted octanol–water partition coefficient (Wildman–Crippen LogP) is 3.38. The second-order valence-electron chi connectivity index (χ2n) is 10.8. The molecule has 210 valence electrons. The van der Waals surface area contributed by atoms with Crippen LogP contribution < -0.4 is 20.7 Å². The van der Waals surface area contributed by atoms with Gasteiger partial charge >= 0.3 is 0 Å². The average Bonchev–Trinajstić information content (AvgIpc) is 2.92. The van der Waals surface area contributed by atoms with Gasteiger partial charge in [-0.3, -0.25) is 19.3 Å². The summed E-state index contributed by atoms with van der Waals surface area (Å²) < 4.78 is 6.35. The molecule has 0 fully saturated rings. The lowest BCUT2D eigenvalue weighted by Crippen LogP contribution is -2.62. The quantitative estimate of drug-likeness (QED) is 0.482. The first-order chi connectivity index (χ1) is 18.6. The number of carbonyl (C=O) groups excluding carboxylic acids is 3. The summed E-state index contributed by atoms with van der Waals surface area (Å²) in [5, 5.41) is 8.73. The fourth-order valence-corrected chi connectivity index (χ4v) is 4.55. The topological polar surface area (TPSA) is 99.8 Å². The molecule has 2 aliphatic rings. The molecule has 4 rings (SSSR count). The lowest BCUT2D eigenvalue weighted by atomic mass is 9.94. The van der Waals surface area contributed by atoms with Crippen LogP contribution in [-0.2, 0) is 20.8 Å². The highest BCUT2D eigenvalue weighted by molar-refractivity contribution is 5.94. The molecule has 0 unspecified atom stereocenters. The summed E-state index contributed by atoms with van der Waals surface area (Å²) in [7, 11) is 3.69. The molecule has 2 bridgehead atoms. The molecule has 3 N–H and O–H groups in total. The van der Waals surface area contributed by atoms with E-state index in [1.165, 1.54) is 0 Å². The molecule has 0 saturated heterocycles. The number of rotatable bonds is 8. The van der Waals surface area contributed by atoms with Crippen LogP contribution in [0.15, 0.2) is 60.8 Å². The van der Waals surface area contributed by atoms with Crippen LogP contribution in [0.3, 0.4) is 0 Å². The van der Waals surface area contributed by atoms with Crippen LogP contribution in [0.25, 0.3) is 6.08 Å². The van der Waals surface area contributed by atoms with Crippen LogP contribution in [0, 0.1) is 11.8 Å². The Hall–Kier alpha value is -3.65. The standard InChI is InChI=1S/C31H42N4O4/c1-7-21(4)26-30(37)32-18-17-22-13-15-24(16-14-22)39-28(20(2)3)27(31(38)33-26)34-29(36)25(35(5)6)19-23-11-9-8-10-12-23/h8-18,20-21,25-28H,7,19H2,1-6H3,(H,32,37)(H,33,38)(H,34,36)/b18-17+/t21-,25+,26+,27+,28-/m1/s1. The van der Waals surface area contributed by atoms with E-state index < -0.39 is 30.1 Å². The van der Waals surface area contributed by atoms with E-state index in [9.17, 15) is 14.4 Å². The third kappa shape index (κ3) is 8.17. The molecule has 5 atom stereocenters. The molecule has 3 amide bonds. The number of likely N-dealkylation sites (N-methyl/N-ethyl adjacent to an activating group) is 1. The molecule has 2 heterocycles. The number of hydrogen-bond donors (Lipinski definition) is 3. The third-order valence-electron chi connectivity index (χ3n) is 7.21. The van der Waals surface area contributed by atoms with E-state index in [2.05, 4.69) is 16.0 Å². The van der Waals surface area contributed by atoms with Crippen molar-refractivity contribution in [1.82, 2.24) is 20.9 Å². The van der Waals surface area contributed by atoms with Crippen LogP contribution in [0.1, 0.15) is 45.2 Å². The van der Waals surface area contributed by atoms with E-state index in [4.69, 9.17) is 4.74 Å². The molecule has 0 radical (unpaired) electrons. The summed E-state index contributed by atoms with van der Waals surface area (Å²) in [5.74, 6) is -0.734. The monoisotopic (exact) mass is 534 g/mol. The van der Waals surface area contributed by atoms with E-state index in [-0.39, 0.29) is 23.7 Å². The number of benzene rings is 2. The number of ether oxygens (including phenoxy) is 1. The van der Waals surface area contributed by atoms with Crippen molar-refractivity contribution in [2.24, 2.45) is 11.8 Å². The van der Waals surface area contributed by atoms with Gasteiger partial charge < -0.3 is 20.7 Å². The Balaban J connectivity index is 1.99. The van der Waals surface area contributed by atoms with Crippen molar-refractivity contribution in [2.75, 3.05) is 14.1 Å². The van der Waals surface area contributed by atoms with Gasteiger partial charge in [0.1, 0.15) is 23.9 Å². The molecule has 2 aliphatic heterocycles. The Bertz CT molecular complexity index is 1130. The van der Waals surface area contributed by atoms with Crippen molar-refractivity contribution in [3.63, 3.8) is 0 Å². The van der Waals surface area contributed by atoms with Crippen molar-refractivity contribution in [2.45, 2.75) is 64.8 Å². The molecule has 0 aromatic heterocycles. The zero-order chi connectivity index (χ0) is 28.5. The first-order valence-corrected chi connectivity index (χ1v) is 13.7. The highest BCUT2D eigenvalue weighted by Gasteiger charge is 2.38. The van der Waals surface area contributed by atoms with Crippen LogP contribution in [0.4, 0.5) is 0 Å². The maximum Gasteiger partial charge on any atom is 0.247 e. The van der Waals surface area contributed by atoms with E-state index >= 15 is 0 Å². The predicted molar refractivity (Wildman–Crippen MR) is 154 cm³/mol. The van der Waals surface area contributed by atoms with Crippen LogP contribution in [-0.4, -0.2) is 60.9 Å². The van der Waals surface area contributed by atoms with Gasteiger partial charge in [-0.05, 0) is 61.7 Å². The Kier molecular flexibility index (Phi) is 10.7. The minimum Gasteiger partial charge on any atom is -0.487 e. The van der Waals surface area contributed by atoms with E-state index in [0.29, 0.717) is 18.6 Å². The summed E-state index contributed by atoms with van der Waals surface area (Å²) in [6.07, 6.45) is 3.85. The van der Waals surface area contributed by atoms with E-state index in [0.717, 1.165) is 11.1 Å². The van der Waals surface area contributed by atoms with Crippen LogP contribution in [0.2, 0.25) is 0 Å². The van der Waals surface area contributed by atoms with Gasteiger partial charge in [-0.1, -0.05) is 76.6 Å². The van der Waals surface area contributed by atoms with Crippen molar-refractivity contribution < 1.29 is 19.1 Å². The number of hydrogen-bond acceptors (Lipinski definition) is 5. The van der Waals surface area contributed by atoms with Gasteiger partial charge in [0.2, 0.25) is 17.7 Å². The van der Waals surface area contributed by atoms with Gasteiger partial charge in [-0.25, -0.2) is 0 Å². The number of nitrogens with one attached hydrogen (secondary N) is 3. The molecule has 8 heteroatoms. The third-order valence-corrected chi connectivity index (χ3v) is 7.21. The molecular weight excluding hydrogens is 492 g/mol. The maximum atomic E-state index is 13.9. The Morgan fingerprint density at radius 2 is 1.67 bits per heavy atom.